The van der Waals surface area contributed by atoms with Crippen LogP contribution in [-0.4, -0.2) is 60.0 Å². The highest BCUT2D eigenvalue weighted by Crippen LogP contribution is 2.20. The number of carbonyl (C=O) groups is 1. The minimum atomic E-state index is -0.343. The van der Waals surface area contributed by atoms with Crippen LogP contribution < -0.4 is 0 Å². The molecule has 0 amide bonds. The molecule has 0 aromatic carbocycles. The summed E-state index contributed by atoms with van der Waals surface area (Å²) in [6.07, 6.45) is -0.323. The van der Waals surface area contributed by atoms with Gasteiger partial charge in [-0.3, -0.25) is 9.69 Å². The van der Waals surface area contributed by atoms with E-state index in [2.05, 4.69) is 0 Å². The number of esters is 1. The highest BCUT2D eigenvalue weighted by atomic mass is 16.5. The van der Waals surface area contributed by atoms with E-state index in [1.165, 1.54) is 0 Å². The van der Waals surface area contributed by atoms with E-state index < -0.39 is 0 Å². The smallest absolute Gasteiger partial charge is 0.320 e. The summed E-state index contributed by atoms with van der Waals surface area (Å²) in [5.41, 5.74) is -0.343. The Morgan fingerprint density at radius 1 is 1.59 bits per heavy atom. The van der Waals surface area contributed by atoms with Crippen LogP contribution in [0.5, 0.6) is 0 Å². The molecule has 1 rings (SSSR count). The molecular weight excluding hydrogens is 222 g/mol. The van der Waals surface area contributed by atoms with E-state index in [0.29, 0.717) is 13.1 Å². The SMILES string of the molecule is CC(C)OC(=O)CN1CC(CO)OC(C)(C)C1. The maximum absolute atomic E-state index is 11.6. The van der Waals surface area contributed by atoms with Gasteiger partial charge >= 0.3 is 5.97 Å². The van der Waals surface area contributed by atoms with Gasteiger partial charge in [-0.15, -0.1) is 0 Å². The van der Waals surface area contributed by atoms with Gasteiger partial charge in [-0.05, 0) is 27.7 Å². The first kappa shape index (κ1) is 14.4. The molecule has 1 aliphatic rings. The van der Waals surface area contributed by atoms with Crippen LogP contribution in [-0.2, 0) is 14.3 Å². The van der Waals surface area contributed by atoms with Gasteiger partial charge in [0, 0.05) is 13.1 Å². The Kier molecular flexibility index (Phi) is 4.91. The van der Waals surface area contributed by atoms with Gasteiger partial charge in [0.1, 0.15) is 0 Å². The number of aliphatic hydroxyl groups excluding tert-OH is 1. The van der Waals surface area contributed by atoms with E-state index in [9.17, 15) is 4.79 Å². The Balaban J connectivity index is 2.50. The molecule has 1 N–H and O–H groups in total. The van der Waals surface area contributed by atoms with Crippen molar-refractivity contribution in [3.05, 3.63) is 0 Å². The summed E-state index contributed by atoms with van der Waals surface area (Å²) in [6, 6.07) is 0. The molecule has 1 aliphatic heterocycles. The molecule has 1 fully saturated rings. The number of nitrogens with zero attached hydrogens (tertiary/aromatic N) is 1. The molecule has 1 saturated heterocycles. The maximum Gasteiger partial charge on any atom is 0.320 e. The van der Waals surface area contributed by atoms with Gasteiger partial charge in [0.05, 0.1) is 31.0 Å². The van der Waals surface area contributed by atoms with Crippen molar-refractivity contribution < 1.29 is 19.4 Å². The zero-order valence-corrected chi connectivity index (χ0v) is 11.1. The second kappa shape index (κ2) is 5.80. The van der Waals surface area contributed by atoms with Crippen molar-refractivity contribution in [1.82, 2.24) is 4.90 Å². The van der Waals surface area contributed by atoms with Crippen molar-refractivity contribution in [3.63, 3.8) is 0 Å². The first-order valence-corrected chi connectivity index (χ1v) is 6.03. The zero-order chi connectivity index (χ0) is 13.1. The van der Waals surface area contributed by atoms with Crippen LogP contribution in [0.25, 0.3) is 0 Å². The maximum atomic E-state index is 11.6. The van der Waals surface area contributed by atoms with Gasteiger partial charge in [-0.25, -0.2) is 0 Å². The van der Waals surface area contributed by atoms with Crippen LogP contribution in [0.1, 0.15) is 27.7 Å². The second-order valence-electron chi connectivity index (χ2n) is 5.39. The molecule has 5 heteroatoms. The highest BCUT2D eigenvalue weighted by Gasteiger charge is 2.33. The van der Waals surface area contributed by atoms with Crippen LogP contribution in [0.4, 0.5) is 0 Å². The Morgan fingerprint density at radius 3 is 2.76 bits per heavy atom. The summed E-state index contributed by atoms with van der Waals surface area (Å²) in [6.45, 7) is 9.02. The molecule has 0 bridgehead atoms. The van der Waals surface area contributed by atoms with Crippen molar-refractivity contribution in [1.29, 1.82) is 0 Å². The summed E-state index contributed by atoms with van der Waals surface area (Å²) < 4.78 is 10.8. The topological polar surface area (TPSA) is 59.0 Å². The molecular formula is C12H23NO4. The average molecular weight is 245 g/mol. The van der Waals surface area contributed by atoms with Crippen molar-refractivity contribution in [2.75, 3.05) is 26.2 Å². The third-order valence-corrected chi connectivity index (χ3v) is 2.48. The Bertz CT molecular complexity index is 265. The van der Waals surface area contributed by atoms with Crippen molar-refractivity contribution >= 4 is 5.97 Å². The van der Waals surface area contributed by atoms with Crippen molar-refractivity contribution in [2.24, 2.45) is 0 Å². The molecule has 1 unspecified atom stereocenters. The molecule has 1 heterocycles. The molecule has 5 nitrogen and oxygen atoms in total. The molecule has 0 aromatic rings. The fourth-order valence-corrected chi connectivity index (χ4v) is 2.11. The van der Waals surface area contributed by atoms with E-state index in [1.54, 1.807) is 0 Å². The third-order valence-electron chi connectivity index (χ3n) is 2.48. The zero-order valence-electron chi connectivity index (χ0n) is 11.1. The third kappa shape index (κ3) is 5.02. The molecule has 0 aromatic heterocycles. The fourth-order valence-electron chi connectivity index (χ4n) is 2.11. The molecule has 100 valence electrons. The number of hydrogen-bond acceptors (Lipinski definition) is 5. The van der Waals surface area contributed by atoms with Gasteiger partial charge in [0.15, 0.2) is 0 Å². The lowest BCUT2D eigenvalue weighted by Crippen LogP contribution is -2.55. The normalized spacial score (nSPS) is 24.9. The summed E-state index contributed by atoms with van der Waals surface area (Å²) in [5, 5.41) is 9.15. The Hall–Kier alpha value is -0.650. The number of aliphatic hydroxyl groups is 1. The standard InChI is InChI=1S/C12H23NO4/c1-9(2)16-11(15)6-13-5-10(7-14)17-12(3,4)8-13/h9-10,14H,5-8H2,1-4H3. The summed E-state index contributed by atoms with van der Waals surface area (Å²) in [5.74, 6) is -0.227. The van der Waals surface area contributed by atoms with Gasteiger partial charge in [-0.1, -0.05) is 0 Å². The van der Waals surface area contributed by atoms with Gasteiger partial charge < -0.3 is 14.6 Å². The Morgan fingerprint density at radius 2 is 2.24 bits per heavy atom. The van der Waals surface area contributed by atoms with E-state index in [1.807, 2.05) is 32.6 Å². The van der Waals surface area contributed by atoms with Gasteiger partial charge in [0.25, 0.3) is 0 Å². The predicted octanol–water partition coefficient (Wildman–Crippen LogP) is 0.410. The monoisotopic (exact) mass is 245 g/mol. The van der Waals surface area contributed by atoms with Crippen LogP contribution in [0, 0.1) is 0 Å². The van der Waals surface area contributed by atoms with E-state index in [4.69, 9.17) is 14.6 Å². The number of hydrogen-bond donors (Lipinski definition) is 1. The molecule has 1 atom stereocenters. The minimum absolute atomic E-state index is 0.0286. The number of carbonyl (C=O) groups excluding carboxylic acids is 1. The quantitative estimate of drug-likeness (QED) is 0.727. The van der Waals surface area contributed by atoms with E-state index in [0.717, 1.165) is 0 Å². The van der Waals surface area contributed by atoms with E-state index in [-0.39, 0.29) is 36.9 Å². The molecule has 0 radical (unpaired) electrons. The molecule has 0 spiro atoms. The number of morpholine rings is 1. The summed E-state index contributed by atoms with van der Waals surface area (Å²) >= 11 is 0. The summed E-state index contributed by atoms with van der Waals surface area (Å²) in [7, 11) is 0. The lowest BCUT2D eigenvalue weighted by atomic mass is 10.1. The van der Waals surface area contributed by atoms with Crippen molar-refractivity contribution in [3.8, 4) is 0 Å². The first-order valence-electron chi connectivity index (χ1n) is 6.03. The largest absolute Gasteiger partial charge is 0.462 e. The number of ether oxygens (including phenoxy) is 2. The average Bonchev–Trinajstić information content (AvgIpc) is 2.13. The lowest BCUT2D eigenvalue weighted by Gasteiger charge is -2.41. The van der Waals surface area contributed by atoms with Crippen LogP contribution >= 0.6 is 0 Å². The van der Waals surface area contributed by atoms with Crippen LogP contribution in [0.3, 0.4) is 0 Å². The molecule has 0 saturated carbocycles. The van der Waals surface area contributed by atoms with Crippen LogP contribution in [0.15, 0.2) is 0 Å². The molecule has 0 aliphatic carbocycles. The minimum Gasteiger partial charge on any atom is -0.462 e. The fraction of sp³-hybridized carbons (Fsp3) is 0.917. The highest BCUT2D eigenvalue weighted by molar-refractivity contribution is 5.71. The predicted molar refractivity (Wildman–Crippen MR) is 63.7 cm³/mol. The number of rotatable bonds is 4. The Labute approximate surface area is 103 Å². The van der Waals surface area contributed by atoms with E-state index >= 15 is 0 Å². The van der Waals surface area contributed by atoms with Crippen molar-refractivity contribution in [2.45, 2.75) is 45.5 Å². The lowest BCUT2D eigenvalue weighted by molar-refractivity contribution is -0.164. The van der Waals surface area contributed by atoms with Gasteiger partial charge in [-0.2, -0.15) is 0 Å². The van der Waals surface area contributed by atoms with Crippen LogP contribution in [0.2, 0.25) is 0 Å². The van der Waals surface area contributed by atoms with Gasteiger partial charge in [0.2, 0.25) is 0 Å². The molecule has 17 heavy (non-hydrogen) atoms. The first-order chi connectivity index (χ1) is 7.82. The second-order valence-corrected chi connectivity index (χ2v) is 5.39. The summed E-state index contributed by atoms with van der Waals surface area (Å²) in [4.78, 5) is 13.5.